The fourth-order valence-electron chi connectivity index (χ4n) is 3.35. The summed E-state index contributed by atoms with van der Waals surface area (Å²) in [4.78, 5) is 24.9. The van der Waals surface area contributed by atoms with Gasteiger partial charge in [-0.2, -0.15) is 0 Å². The van der Waals surface area contributed by atoms with E-state index in [1.54, 1.807) is 0 Å². The zero-order valence-corrected chi connectivity index (χ0v) is 17.2. The maximum atomic E-state index is 11.9. The molecule has 0 saturated heterocycles. The summed E-state index contributed by atoms with van der Waals surface area (Å²) in [7, 11) is 0. The Morgan fingerprint density at radius 3 is 2.31 bits per heavy atom. The quantitative estimate of drug-likeness (QED) is 0.415. The van der Waals surface area contributed by atoms with Crippen LogP contribution in [-0.2, 0) is 25.6 Å². The van der Waals surface area contributed by atoms with Gasteiger partial charge in [0.25, 0.3) is 5.78 Å². The fourth-order valence-corrected chi connectivity index (χ4v) is 3.35. The molecule has 158 valence electrons. The Hall–Kier alpha value is -2.32. The van der Waals surface area contributed by atoms with Crippen LogP contribution in [0.4, 0.5) is 0 Å². The minimum Gasteiger partial charge on any atom is -0.475 e. The van der Waals surface area contributed by atoms with Gasteiger partial charge in [-0.15, -0.1) is 0 Å². The van der Waals surface area contributed by atoms with Crippen LogP contribution in [0.25, 0.3) is 10.8 Å². The van der Waals surface area contributed by atoms with Crippen molar-refractivity contribution < 1.29 is 24.2 Å². The zero-order chi connectivity index (χ0) is 21.4. The minimum atomic E-state index is -1.53. The molecule has 0 saturated carbocycles. The van der Waals surface area contributed by atoms with E-state index in [0.717, 1.165) is 16.3 Å². The number of carboxylic acid groups (broad SMARTS) is 1. The molecule has 0 bridgehead atoms. The molecule has 7 heteroatoms. The fraction of sp³-hybridized carbons (Fsp3) is 0.455. The molecule has 0 fully saturated rings. The summed E-state index contributed by atoms with van der Waals surface area (Å²) in [5, 5.41) is 11.2. The van der Waals surface area contributed by atoms with E-state index in [1.165, 1.54) is 0 Å². The number of carboxylic acids is 1. The molecule has 1 unspecified atom stereocenters. The Labute approximate surface area is 171 Å². The van der Waals surface area contributed by atoms with Gasteiger partial charge in [0.05, 0.1) is 12.1 Å². The van der Waals surface area contributed by atoms with Gasteiger partial charge in [0.1, 0.15) is 0 Å². The van der Waals surface area contributed by atoms with Crippen LogP contribution in [0.3, 0.4) is 0 Å². The average Bonchev–Trinajstić information content (AvgIpc) is 2.72. The lowest BCUT2D eigenvalue weighted by Gasteiger charge is -2.35. The van der Waals surface area contributed by atoms with Crippen molar-refractivity contribution in [2.45, 2.75) is 45.7 Å². The average molecular weight is 402 g/mol. The highest BCUT2D eigenvalue weighted by molar-refractivity contribution is 6.34. The van der Waals surface area contributed by atoms with Gasteiger partial charge in [-0.25, -0.2) is 4.79 Å². The third-order valence-electron chi connectivity index (χ3n) is 4.86. The van der Waals surface area contributed by atoms with Gasteiger partial charge < -0.3 is 20.3 Å². The summed E-state index contributed by atoms with van der Waals surface area (Å²) in [5.74, 6) is -2.54. The van der Waals surface area contributed by atoms with Crippen molar-refractivity contribution in [2.24, 2.45) is 5.73 Å². The molecule has 7 nitrogen and oxygen atoms in total. The van der Waals surface area contributed by atoms with Gasteiger partial charge in [-0.05, 0) is 37.1 Å². The number of fused-ring (bicyclic) bond motifs is 1. The molecule has 0 aliphatic rings. The van der Waals surface area contributed by atoms with E-state index < -0.39 is 24.1 Å². The number of ketones is 1. The number of carbonyl (C=O) groups excluding carboxylic acids is 1. The highest BCUT2D eigenvalue weighted by Crippen LogP contribution is 2.22. The molecule has 2 rings (SSSR count). The first kappa shape index (κ1) is 23.0. The Kier molecular flexibility index (Phi) is 8.72. The van der Waals surface area contributed by atoms with Gasteiger partial charge in [-0.3, -0.25) is 9.69 Å². The third-order valence-corrected chi connectivity index (χ3v) is 4.86. The number of rotatable bonds is 12. The van der Waals surface area contributed by atoms with E-state index in [1.807, 2.05) is 68.1 Å². The molecule has 2 aromatic carbocycles. The van der Waals surface area contributed by atoms with E-state index >= 15 is 0 Å². The Bertz CT molecular complexity index is 814. The van der Waals surface area contributed by atoms with E-state index in [9.17, 15) is 9.59 Å². The van der Waals surface area contributed by atoms with Crippen LogP contribution < -0.4 is 5.73 Å². The van der Waals surface area contributed by atoms with Crippen molar-refractivity contribution in [2.75, 3.05) is 19.8 Å². The molecule has 0 spiro atoms. The monoisotopic (exact) mass is 402 g/mol. The van der Waals surface area contributed by atoms with E-state index in [0.29, 0.717) is 19.8 Å². The first-order valence-electron chi connectivity index (χ1n) is 9.85. The van der Waals surface area contributed by atoms with E-state index in [2.05, 4.69) is 0 Å². The Morgan fingerprint density at radius 2 is 1.69 bits per heavy atom. The lowest BCUT2D eigenvalue weighted by atomic mass is 10.0. The normalized spacial score (nSPS) is 13.7. The lowest BCUT2D eigenvalue weighted by molar-refractivity contribution is -0.172. The maximum Gasteiger partial charge on any atom is 0.373 e. The largest absolute Gasteiger partial charge is 0.475 e. The van der Waals surface area contributed by atoms with Gasteiger partial charge in [0, 0.05) is 26.3 Å². The van der Waals surface area contributed by atoms with Gasteiger partial charge in [0.2, 0.25) is 0 Å². The van der Waals surface area contributed by atoms with Crippen LogP contribution in [0.5, 0.6) is 0 Å². The molecule has 0 radical (unpaired) electrons. The van der Waals surface area contributed by atoms with Crippen molar-refractivity contribution in [3.05, 3.63) is 48.0 Å². The highest BCUT2D eigenvalue weighted by atomic mass is 16.7. The number of aliphatic carboxylic acids is 1. The third kappa shape index (κ3) is 6.08. The van der Waals surface area contributed by atoms with Crippen molar-refractivity contribution in [1.82, 2.24) is 4.90 Å². The smallest absolute Gasteiger partial charge is 0.373 e. The number of nitrogens with zero attached hydrogens (tertiary/aromatic N) is 1. The van der Waals surface area contributed by atoms with Crippen LogP contribution in [0, 0.1) is 0 Å². The maximum absolute atomic E-state index is 11.9. The van der Waals surface area contributed by atoms with E-state index in [4.69, 9.17) is 20.3 Å². The Morgan fingerprint density at radius 1 is 1.07 bits per heavy atom. The number of hydrogen-bond donors (Lipinski definition) is 2. The molecule has 0 amide bonds. The number of benzene rings is 2. The summed E-state index contributed by atoms with van der Waals surface area (Å²) < 4.78 is 11.5. The minimum absolute atomic E-state index is 0.0756. The van der Waals surface area contributed by atoms with Crippen LogP contribution in [0.1, 0.15) is 26.3 Å². The summed E-state index contributed by atoms with van der Waals surface area (Å²) in [6.45, 7) is 7.18. The number of carbonyl (C=O) groups is 2. The molecule has 3 N–H and O–H groups in total. The molecule has 0 heterocycles. The number of hydrogen-bond acceptors (Lipinski definition) is 6. The summed E-state index contributed by atoms with van der Waals surface area (Å²) >= 11 is 0. The number of Topliss-reactive ketones (excluding diaryl/α,β-unsaturated/α-hetero) is 1. The molecule has 29 heavy (non-hydrogen) atoms. The van der Waals surface area contributed by atoms with Crippen molar-refractivity contribution in [3.8, 4) is 0 Å². The van der Waals surface area contributed by atoms with Crippen LogP contribution in [0.15, 0.2) is 42.5 Å². The SMILES string of the molecule is CCOC(OCC)[C@H](C)N(Cc1cccc2ccccc12)CC(N)C(=O)C(=O)O. The number of nitrogens with two attached hydrogens (primary N) is 1. The second-order valence-electron chi connectivity index (χ2n) is 6.86. The molecule has 0 aliphatic carbocycles. The summed E-state index contributed by atoms with van der Waals surface area (Å²) in [6, 6.07) is 12.7. The molecule has 2 atom stereocenters. The molecular formula is C22H30N2O5. The van der Waals surface area contributed by atoms with Gasteiger partial charge in [0.15, 0.2) is 6.29 Å². The lowest BCUT2D eigenvalue weighted by Crippen LogP contribution is -2.51. The molecule has 0 aromatic heterocycles. The van der Waals surface area contributed by atoms with Crippen molar-refractivity contribution in [1.29, 1.82) is 0 Å². The zero-order valence-electron chi connectivity index (χ0n) is 17.2. The molecular weight excluding hydrogens is 372 g/mol. The second kappa shape index (κ2) is 11.0. The van der Waals surface area contributed by atoms with Crippen molar-refractivity contribution >= 4 is 22.5 Å². The molecule has 2 aromatic rings. The van der Waals surface area contributed by atoms with Gasteiger partial charge >= 0.3 is 5.97 Å². The molecule has 0 aliphatic heterocycles. The van der Waals surface area contributed by atoms with Crippen LogP contribution in [0.2, 0.25) is 0 Å². The van der Waals surface area contributed by atoms with Crippen LogP contribution >= 0.6 is 0 Å². The predicted octanol–water partition coefficient (Wildman–Crippen LogP) is 2.41. The standard InChI is InChI=1S/C22H30N2O5/c1-4-28-22(29-5-2)15(3)24(14-19(23)20(25)21(26)27)13-17-11-8-10-16-9-6-7-12-18(16)17/h6-12,15,19,22H,4-5,13-14,23H2,1-3H3,(H,26,27)/t15-,19?/m0/s1. The van der Waals surface area contributed by atoms with Crippen LogP contribution in [-0.4, -0.2) is 59.9 Å². The van der Waals surface area contributed by atoms with E-state index in [-0.39, 0.29) is 12.6 Å². The number of ether oxygens (including phenoxy) is 2. The van der Waals surface area contributed by atoms with Crippen molar-refractivity contribution in [3.63, 3.8) is 0 Å². The summed E-state index contributed by atoms with van der Waals surface area (Å²) in [6.07, 6.45) is -0.521. The summed E-state index contributed by atoms with van der Waals surface area (Å²) in [5.41, 5.74) is 6.97. The first-order valence-corrected chi connectivity index (χ1v) is 9.85. The second-order valence-corrected chi connectivity index (χ2v) is 6.86. The first-order chi connectivity index (χ1) is 13.9. The highest BCUT2D eigenvalue weighted by Gasteiger charge is 2.30. The Balaban J connectivity index is 2.34. The topological polar surface area (TPSA) is 102 Å². The van der Waals surface area contributed by atoms with Gasteiger partial charge in [-0.1, -0.05) is 42.5 Å². The predicted molar refractivity (Wildman–Crippen MR) is 111 cm³/mol.